The third kappa shape index (κ3) is 3.21. The molecule has 0 aliphatic heterocycles. The number of nitrogens with one attached hydrogen (secondary N) is 1. The Morgan fingerprint density at radius 3 is 2.93 bits per heavy atom. The molecule has 0 aliphatic carbocycles. The van der Waals surface area contributed by atoms with Gasteiger partial charge in [0.25, 0.3) is 0 Å². The molecule has 0 aliphatic rings. The van der Waals surface area contributed by atoms with Crippen molar-refractivity contribution in [3.8, 4) is 5.88 Å². The van der Waals surface area contributed by atoms with E-state index in [0.717, 1.165) is 11.4 Å². The van der Waals surface area contributed by atoms with E-state index >= 15 is 0 Å². The van der Waals surface area contributed by atoms with Crippen LogP contribution in [0.15, 0.2) is 18.5 Å². The maximum atomic E-state index is 5.32. The third-order valence-electron chi connectivity index (χ3n) is 1.92. The van der Waals surface area contributed by atoms with E-state index in [1.165, 1.54) is 6.33 Å². The molecule has 0 aromatic carbocycles. The molecule has 15 heavy (non-hydrogen) atoms. The molecule has 0 saturated heterocycles. The van der Waals surface area contributed by atoms with Gasteiger partial charge in [0.2, 0.25) is 5.88 Å². The molecule has 1 aromatic heterocycles. The molecule has 0 atom stereocenters. The van der Waals surface area contributed by atoms with E-state index < -0.39 is 0 Å². The number of anilines is 1. The van der Waals surface area contributed by atoms with E-state index in [1.54, 1.807) is 7.11 Å². The maximum Gasteiger partial charge on any atom is 0.221 e. The first-order chi connectivity index (χ1) is 7.29. The van der Waals surface area contributed by atoms with Gasteiger partial charge >= 0.3 is 0 Å². The fraction of sp³-hybridized carbons (Fsp3) is 0.400. The average molecular weight is 208 g/mol. The summed E-state index contributed by atoms with van der Waals surface area (Å²) >= 11 is 0. The second-order valence-corrected chi connectivity index (χ2v) is 2.94. The maximum absolute atomic E-state index is 5.32. The molecule has 3 N–H and O–H groups in total. The van der Waals surface area contributed by atoms with Crippen LogP contribution in [0.25, 0.3) is 0 Å². The molecule has 0 fully saturated rings. The topological polar surface area (TPSA) is 73.1 Å². The Kier molecular flexibility index (Phi) is 4.56. The van der Waals surface area contributed by atoms with Crippen molar-refractivity contribution in [3.05, 3.63) is 24.0 Å². The van der Waals surface area contributed by atoms with Crippen LogP contribution < -0.4 is 15.8 Å². The number of nitrogens with two attached hydrogens (primary N) is 1. The summed E-state index contributed by atoms with van der Waals surface area (Å²) in [6.45, 7) is 3.15. The Morgan fingerprint density at radius 2 is 2.27 bits per heavy atom. The van der Waals surface area contributed by atoms with Gasteiger partial charge in [0.1, 0.15) is 12.1 Å². The van der Waals surface area contributed by atoms with Gasteiger partial charge in [-0.3, -0.25) is 0 Å². The monoisotopic (exact) mass is 208 g/mol. The number of ether oxygens (including phenoxy) is 1. The van der Waals surface area contributed by atoms with E-state index in [2.05, 4.69) is 15.3 Å². The molecule has 5 nitrogen and oxygen atoms in total. The fourth-order valence-electron chi connectivity index (χ4n) is 1.15. The molecule has 82 valence electrons. The van der Waals surface area contributed by atoms with Crippen LogP contribution >= 0.6 is 0 Å². The SMILES string of the molecule is COc1ncnc(NC/C=C/CN)c1C. The first-order valence-corrected chi connectivity index (χ1v) is 4.74. The van der Waals surface area contributed by atoms with Crippen molar-refractivity contribution in [1.29, 1.82) is 0 Å². The standard InChI is InChI=1S/C10H16N4O/c1-8-9(12-6-4-3-5-11)13-7-14-10(8)15-2/h3-4,7H,5-6,11H2,1-2H3,(H,12,13,14)/b4-3+. The van der Waals surface area contributed by atoms with E-state index in [0.29, 0.717) is 19.0 Å². The fourth-order valence-corrected chi connectivity index (χ4v) is 1.15. The summed E-state index contributed by atoms with van der Waals surface area (Å²) in [7, 11) is 1.59. The lowest BCUT2D eigenvalue weighted by Crippen LogP contribution is -2.05. The lowest BCUT2D eigenvalue weighted by atomic mass is 10.3. The van der Waals surface area contributed by atoms with E-state index in [1.807, 2.05) is 19.1 Å². The summed E-state index contributed by atoms with van der Waals surface area (Å²) in [5.74, 6) is 1.37. The van der Waals surface area contributed by atoms with Crippen molar-refractivity contribution in [1.82, 2.24) is 9.97 Å². The van der Waals surface area contributed by atoms with Crippen molar-refractivity contribution in [2.45, 2.75) is 6.92 Å². The highest BCUT2D eigenvalue weighted by atomic mass is 16.5. The summed E-state index contributed by atoms with van der Waals surface area (Å²) in [5.41, 5.74) is 6.23. The van der Waals surface area contributed by atoms with Crippen molar-refractivity contribution >= 4 is 5.82 Å². The molecule has 0 radical (unpaired) electrons. The Labute approximate surface area is 89.4 Å². The predicted molar refractivity (Wildman–Crippen MR) is 60.0 cm³/mol. The van der Waals surface area contributed by atoms with Crippen LogP contribution in [0, 0.1) is 6.92 Å². The van der Waals surface area contributed by atoms with Crippen molar-refractivity contribution < 1.29 is 4.74 Å². The molecule has 5 heteroatoms. The van der Waals surface area contributed by atoms with Crippen LogP contribution in [0.5, 0.6) is 5.88 Å². The summed E-state index contributed by atoms with van der Waals surface area (Å²) < 4.78 is 5.08. The smallest absolute Gasteiger partial charge is 0.221 e. The van der Waals surface area contributed by atoms with Crippen molar-refractivity contribution in [2.24, 2.45) is 5.73 Å². The molecule has 0 unspecified atom stereocenters. The van der Waals surface area contributed by atoms with Gasteiger partial charge in [-0.25, -0.2) is 9.97 Å². The minimum absolute atomic E-state index is 0.549. The van der Waals surface area contributed by atoms with Crippen LogP contribution in [-0.2, 0) is 0 Å². The average Bonchev–Trinajstić information content (AvgIpc) is 2.26. The second kappa shape index (κ2) is 5.98. The van der Waals surface area contributed by atoms with Gasteiger partial charge in [-0.15, -0.1) is 0 Å². The molecule has 0 spiro atoms. The second-order valence-electron chi connectivity index (χ2n) is 2.94. The lowest BCUT2D eigenvalue weighted by Gasteiger charge is -2.08. The van der Waals surface area contributed by atoms with Gasteiger partial charge < -0.3 is 15.8 Å². The summed E-state index contributed by atoms with van der Waals surface area (Å²) in [6.07, 6.45) is 5.32. The summed E-state index contributed by atoms with van der Waals surface area (Å²) in [4.78, 5) is 8.11. The first kappa shape index (κ1) is 11.5. The highest BCUT2D eigenvalue weighted by Crippen LogP contribution is 2.19. The Bertz CT molecular complexity index is 338. The summed E-state index contributed by atoms with van der Waals surface area (Å²) in [5, 5.41) is 3.15. The Hall–Kier alpha value is -1.62. The molecule has 1 rings (SSSR count). The van der Waals surface area contributed by atoms with Crippen LogP contribution in [0.4, 0.5) is 5.82 Å². The van der Waals surface area contributed by atoms with Gasteiger partial charge in [0, 0.05) is 13.1 Å². The molecular weight excluding hydrogens is 192 g/mol. The van der Waals surface area contributed by atoms with Gasteiger partial charge in [-0.1, -0.05) is 12.2 Å². The Balaban J connectivity index is 2.64. The highest BCUT2D eigenvalue weighted by Gasteiger charge is 2.05. The minimum Gasteiger partial charge on any atom is -0.481 e. The number of rotatable bonds is 5. The lowest BCUT2D eigenvalue weighted by molar-refractivity contribution is 0.394. The largest absolute Gasteiger partial charge is 0.481 e. The summed E-state index contributed by atoms with van der Waals surface area (Å²) in [6, 6.07) is 0. The molecule has 1 heterocycles. The van der Waals surface area contributed by atoms with Crippen molar-refractivity contribution in [3.63, 3.8) is 0 Å². The zero-order valence-corrected chi connectivity index (χ0v) is 9.03. The number of hydrogen-bond donors (Lipinski definition) is 2. The number of nitrogens with zero attached hydrogens (tertiary/aromatic N) is 2. The zero-order chi connectivity index (χ0) is 11.1. The number of hydrogen-bond acceptors (Lipinski definition) is 5. The van der Waals surface area contributed by atoms with Crippen LogP contribution in [0.3, 0.4) is 0 Å². The predicted octanol–water partition coefficient (Wildman–Crippen LogP) is 0.720. The minimum atomic E-state index is 0.549. The number of aromatic nitrogens is 2. The van der Waals surface area contributed by atoms with E-state index in [-0.39, 0.29) is 0 Å². The normalized spacial score (nSPS) is 10.6. The quantitative estimate of drug-likeness (QED) is 0.697. The van der Waals surface area contributed by atoms with Crippen LogP contribution in [0.2, 0.25) is 0 Å². The molecule has 1 aromatic rings. The number of methoxy groups -OCH3 is 1. The first-order valence-electron chi connectivity index (χ1n) is 4.74. The van der Waals surface area contributed by atoms with Crippen LogP contribution in [-0.4, -0.2) is 30.2 Å². The van der Waals surface area contributed by atoms with Gasteiger partial charge in [-0.2, -0.15) is 0 Å². The Morgan fingerprint density at radius 1 is 1.47 bits per heavy atom. The zero-order valence-electron chi connectivity index (χ0n) is 9.03. The van der Waals surface area contributed by atoms with E-state index in [9.17, 15) is 0 Å². The van der Waals surface area contributed by atoms with Gasteiger partial charge in [0.15, 0.2) is 0 Å². The van der Waals surface area contributed by atoms with E-state index in [4.69, 9.17) is 10.5 Å². The van der Waals surface area contributed by atoms with Crippen molar-refractivity contribution in [2.75, 3.05) is 25.5 Å². The molecular formula is C10H16N4O. The molecule has 0 bridgehead atoms. The van der Waals surface area contributed by atoms with Crippen LogP contribution in [0.1, 0.15) is 5.56 Å². The van der Waals surface area contributed by atoms with Gasteiger partial charge in [-0.05, 0) is 6.92 Å². The third-order valence-corrected chi connectivity index (χ3v) is 1.92. The molecule has 0 amide bonds. The molecule has 0 saturated carbocycles. The van der Waals surface area contributed by atoms with Gasteiger partial charge in [0.05, 0.1) is 12.7 Å². The highest BCUT2D eigenvalue weighted by molar-refractivity contribution is 5.47.